The molecule has 15 heteroatoms. The topological polar surface area (TPSA) is 148 Å². The minimum absolute atomic E-state index is 0.00229. The van der Waals surface area contributed by atoms with Crippen LogP contribution in [0, 0.1) is 17.2 Å². The van der Waals surface area contributed by atoms with Gasteiger partial charge in [0.15, 0.2) is 0 Å². The first-order valence-corrected chi connectivity index (χ1v) is 22.4. The Kier molecular flexibility index (Phi) is 11.7. The van der Waals surface area contributed by atoms with Crippen molar-refractivity contribution < 1.29 is 32.7 Å². The van der Waals surface area contributed by atoms with E-state index in [-0.39, 0.29) is 66.2 Å². The lowest BCUT2D eigenvalue weighted by atomic mass is 9.42. The van der Waals surface area contributed by atoms with Gasteiger partial charge in [0.2, 0.25) is 17.7 Å². The number of piperidine rings is 2. The Morgan fingerprint density at radius 2 is 1.44 bits per heavy atom. The molecule has 0 spiro atoms. The van der Waals surface area contributed by atoms with Crippen molar-refractivity contribution in [3.05, 3.63) is 75.5 Å². The van der Waals surface area contributed by atoms with E-state index in [1.165, 1.54) is 6.07 Å². The largest absolute Gasteiger partial charge is 0.375 e. The summed E-state index contributed by atoms with van der Waals surface area (Å²) in [7, 11) is 0. The van der Waals surface area contributed by atoms with E-state index in [1.54, 1.807) is 34.1 Å². The van der Waals surface area contributed by atoms with E-state index in [2.05, 4.69) is 20.4 Å². The summed E-state index contributed by atoms with van der Waals surface area (Å²) in [6, 6.07) is 11.1. The van der Waals surface area contributed by atoms with Gasteiger partial charge in [-0.2, -0.15) is 5.10 Å². The second-order valence-electron chi connectivity index (χ2n) is 18.7. The van der Waals surface area contributed by atoms with Gasteiger partial charge in [-0.25, -0.2) is 13.9 Å². The second-order valence-corrected chi connectivity index (χ2v) is 18.7. The third-order valence-electron chi connectivity index (χ3n) is 14.5. The van der Waals surface area contributed by atoms with Crippen LogP contribution in [0.4, 0.5) is 8.78 Å². The van der Waals surface area contributed by atoms with Crippen LogP contribution in [0.5, 0.6) is 0 Å². The molecule has 0 radical (unpaired) electrons. The number of nitrogens with one attached hydrogen (secondary N) is 2. The molecular formula is C46H57F2N7O6. The number of likely N-dealkylation sites (tertiary alicyclic amines) is 2. The maximum atomic E-state index is 15.0. The zero-order chi connectivity index (χ0) is 42.3. The molecule has 13 nitrogen and oxygen atoms in total. The van der Waals surface area contributed by atoms with Crippen LogP contribution in [0.25, 0.3) is 10.8 Å². The highest BCUT2D eigenvalue weighted by molar-refractivity contribution is 5.95. The van der Waals surface area contributed by atoms with E-state index in [0.29, 0.717) is 74.3 Å². The second kappa shape index (κ2) is 17.2. The van der Waals surface area contributed by atoms with Crippen molar-refractivity contribution in [2.75, 3.05) is 58.9 Å². The van der Waals surface area contributed by atoms with Crippen LogP contribution in [0.3, 0.4) is 0 Å². The minimum atomic E-state index is -1.16. The number of aromatic amines is 1. The molecule has 4 amide bonds. The molecule has 2 aromatic carbocycles. The van der Waals surface area contributed by atoms with Crippen molar-refractivity contribution in [2.45, 2.75) is 107 Å². The minimum Gasteiger partial charge on any atom is -0.375 e. The molecule has 2 N–H and O–H groups in total. The molecular weight excluding hydrogens is 785 g/mol. The molecule has 10 rings (SSSR count). The van der Waals surface area contributed by atoms with Gasteiger partial charge in [-0.3, -0.25) is 28.9 Å². The summed E-state index contributed by atoms with van der Waals surface area (Å²) >= 11 is 0. The quantitative estimate of drug-likeness (QED) is 0.290. The zero-order valence-corrected chi connectivity index (χ0v) is 34.8. The maximum absolute atomic E-state index is 15.0. The molecule has 326 valence electrons. The van der Waals surface area contributed by atoms with E-state index in [9.17, 15) is 28.4 Å². The fourth-order valence-electron chi connectivity index (χ4n) is 10.9. The first-order chi connectivity index (χ1) is 29.5. The molecule has 4 heterocycles. The number of rotatable bonds is 11. The summed E-state index contributed by atoms with van der Waals surface area (Å²) in [6.45, 7) is 4.28. The first kappa shape index (κ1) is 41.6. The van der Waals surface area contributed by atoms with Crippen LogP contribution in [-0.4, -0.2) is 136 Å². The average Bonchev–Trinajstić information content (AvgIpc) is 3.26. The molecule has 3 aromatic rings. The Morgan fingerprint density at radius 1 is 0.803 bits per heavy atom. The Labute approximate surface area is 354 Å². The van der Waals surface area contributed by atoms with Crippen LogP contribution < -0.4 is 10.9 Å². The highest BCUT2D eigenvalue weighted by Crippen LogP contribution is 2.69. The van der Waals surface area contributed by atoms with E-state index < -0.39 is 28.8 Å². The highest BCUT2D eigenvalue weighted by Gasteiger charge is 2.73. The number of ether oxygens (including phenoxy) is 1. The molecule has 3 aliphatic heterocycles. The number of aromatic nitrogens is 2. The van der Waals surface area contributed by atoms with Gasteiger partial charge in [0, 0.05) is 64.2 Å². The van der Waals surface area contributed by atoms with Crippen LogP contribution in [0.1, 0.15) is 98.7 Å². The fourth-order valence-corrected chi connectivity index (χ4v) is 10.9. The summed E-state index contributed by atoms with van der Waals surface area (Å²) in [4.78, 5) is 73.7. The Morgan fingerprint density at radius 3 is 2.11 bits per heavy atom. The Hall–Kier alpha value is -4.76. The molecule has 0 unspecified atom stereocenters. The monoisotopic (exact) mass is 841 g/mol. The average molecular weight is 842 g/mol. The van der Waals surface area contributed by atoms with Crippen molar-refractivity contribution in [3.8, 4) is 0 Å². The summed E-state index contributed by atoms with van der Waals surface area (Å²) < 4.78 is 35.8. The third kappa shape index (κ3) is 8.69. The summed E-state index contributed by atoms with van der Waals surface area (Å²) in [5.41, 5.74) is -0.770. The van der Waals surface area contributed by atoms with E-state index in [4.69, 9.17) is 4.74 Å². The van der Waals surface area contributed by atoms with Crippen molar-refractivity contribution in [1.82, 2.24) is 35.1 Å². The van der Waals surface area contributed by atoms with Gasteiger partial charge in [-0.05, 0) is 87.5 Å². The molecule has 61 heavy (non-hydrogen) atoms. The normalized spacial score (nSPS) is 25.8. The van der Waals surface area contributed by atoms with Gasteiger partial charge in [0.1, 0.15) is 17.5 Å². The van der Waals surface area contributed by atoms with Crippen LogP contribution >= 0.6 is 0 Å². The number of nitrogens with zero attached hydrogens (tertiary/aromatic N) is 5. The fraction of sp³-hybridized carbons (Fsp3) is 0.609. The summed E-state index contributed by atoms with van der Waals surface area (Å²) in [6.07, 6.45) is 9.54. The number of amides is 4. The van der Waals surface area contributed by atoms with Gasteiger partial charge in [0.05, 0.1) is 40.8 Å². The third-order valence-corrected chi connectivity index (χ3v) is 14.5. The number of alkyl halides is 1. The molecule has 2 bridgehead atoms. The van der Waals surface area contributed by atoms with Crippen molar-refractivity contribution >= 4 is 34.4 Å². The number of carbonyl (C=O) groups is 4. The molecule has 7 aliphatic rings. The number of hydrogen-bond donors (Lipinski definition) is 2. The first-order valence-electron chi connectivity index (χ1n) is 22.4. The Bertz CT molecular complexity index is 2190. The number of hydrogen-bond acceptors (Lipinski definition) is 8. The number of benzene rings is 2. The number of halogens is 2. The number of fused-ring (bicyclic) bond motifs is 1. The van der Waals surface area contributed by atoms with Gasteiger partial charge < -0.3 is 24.8 Å². The lowest BCUT2D eigenvalue weighted by molar-refractivity contribution is -0.214. The lowest BCUT2D eigenvalue weighted by Crippen LogP contribution is -2.71. The maximum Gasteiger partial charge on any atom is 0.272 e. The Balaban J connectivity index is 0.700. The van der Waals surface area contributed by atoms with E-state index in [1.807, 2.05) is 17.0 Å². The number of carbonyl (C=O) groups excluding carboxylic acids is 4. The van der Waals surface area contributed by atoms with Crippen molar-refractivity contribution in [3.63, 3.8) is 0 Å². The van der Waals surface area contributed by atoms with Crippen molar-refractivity contribution in [1.29, 1.82) is 0 Å². The zero-order valence-electron chi connectivity index (χ0n) is 34.8. The SMILES string of the molecule is O=C(CN1CCC(OC2CCN(C(=O)[C@H](NC(=O)C34CC(F)(C3)C4)C3CCCCC3)CC2)CC1)N1CCN(C(=O)c2cc(Cc3n[nH]c(=O)c4ccccc34)ccc2F)CC1. The lowest BCUT2D eigenvalue weighted by Gasteiger charge is -2.64. The predicted molar refractivity (Wildman–Crippen MR) is 223 cm³/mol. The number of piperazine rings is 1. The van der Waals surface area contributed by atoms with Gasteiger partial charge in [-0.15, -0.1) is 0 Å². The summed E-state index contributed by atoms with van der Waals surface area (Å²) in [5.74, 6) is -1.04. The molecule has 1 atom stereocenters. The summed E-state index contributed by atoms with van der Waals surface area (Å²) in [5, 5.41) is 11.1. The molecule has 4 aliphatic carbocycles. The predicted octanol–water partition coefficient (Wildman–Crippen LogP) is 4.37. The standard InChI is InChI=1S/C46H57F2N7O6/c47-37-11-10-30(25-38-34-8-4-5-9-35(34)41(57)51-50-38)24-36(37)42(58)55-22-20-53(21-23-55)39(56)26-52-16-12-32(13-17-52)61-33-14-18-54(19-15-33)43(59)40(31-6-2-1-3-7-31)49-44(60)45-27-46(48,28-45)29-45/h4-5,8-11,24,31-33,40H,1-3,6-7,12-23,25-29H2,(H,49,60)(H,51,57)/t40-,45?,46?/m1/s1. The van der Waals surface area contributed by atoms with Gasteiger partial charge in [-0.1, -0.05) is 43.5 Å². The highest BCUT2D eigenvalue weighted by atomic mass is 19.1. The number of H-pyrrole nitrogens is 1. The van der Waals surface area contributed by atoms with Crippen molar-refractivity contribution in [2.24, 2.45) is 11.3 Å². The molecule has 7 fully saturated rings. The smallest absolute Gasteiger partial charge is 0.272 e. The van der Waals surface area contributed by atoms with E-state index in [0.717, 1.165) is 70.9 Å². The van der Waals surface area contributed by atoms with E-state index >= 15 is 4.39 Å². The molecule has 4 saturated carbocycles. The molecule has 3 saturated heterocycles. The van der Waals surface area contributed by atoms with Gasteiger partial charge >= 0.3 is 0 Å². The molecule has 1 aromatic heterocycles. The van der Waals surface area contributed by atoms with Crippen LogP contribution in [0.15, 0.2) is 47.3 Å². The van der Waals surface area contributed by atoms with Crippen LogP contribution in [0.2, 0.25) is 0 Å². The van der Waals surface area contributed by atoms with Crippen LogP contribution in [-0.2, 0) is 25.5 Å². The van der Waals surface area contributed by atoms with Gasteiger partial charge in [0.25, 0.3) is 11.5 Å².